The largest absolute Gasteiger partial charge is 0.396 e. The molecule has 16 heavy (non-hydrogen) atoms. The normalized spacial score (nSPS) is 12.4. The molecule has 0 saturated heterocycles. The second-order valence-corrected chi connectivity index (χ2v) is 4.22. The van der Waals surface area contributed by atoms with E-state index in [1.807, 2.05) is 0 Å². The van der Waals surface area contributed by atoms with Crippen molar-refractivity contribution in [2.45, 2.75) is 45.4 Å². The maximum Gasteiger partial charge on any atom is 0.220 e. The molecular formula is C12H26N2O2. The Morgan fingerprint density at radius 2 is 2.12 bits per heavy atom. The topological polar surface area (TPSA) is 75.3 Å². The second kappa shape index (κ2) is 10.9. The van der Waals surface area contributed by atoms with Gasteiger partial charge in [-0.1, -0.05) is 13.3 Å². The maximum atomic E-state index is 11.4. The molecule has 4 heteroatoms. The first-order valence-electron chi connectivity index (χ1n) is 6.32. The summed E-state index contributed by atoms with van der Waals surface area (Å²) in [7, 11) is 0. The van der Waals surface area contributed by atoms with Gasteiger partial charge in [-0.2, -0.15) is 0 Å². The van der Waals surface area contributed by atoms with E-state index in [0.717, 1.165) is 32.1 Å². The zero-order valence-electron chi connectivity index (χ0n) is 10.4. The van der Waals surface area contributed by atoms with Crippen molar-refractivity contribution in [2.24, 2.45) is 11.7 Å². The van der Waals surface area contributed by atoms with Gasteiger partial charge in [0.25, 0.3) is 0 Å². The van der Waals surface area contributed by atoms with Crippen LogP contribution in [0.1, 0.15) is 45.4 Å². The van der Waals surface area contributed by atoms with Crippen LogP contribution in [0, 0.1) is 5.92 Å². The Hall–Kier alpha value is -0.610. The molecule has 0 fully saturated rings. The van der Waals surface area contributed by atoms with Gasteiger partial charge in [-0.05, 0) is 38.1 Å². The minimum atomic E-state index is 0.104. The monoisotopic (exact) mass is 230 g/mol. The zero-order chi connectivity index (χ0) is 12.2. The van der Waals surface area contributed by atoms with Gasteiger partial charge >= 0.3 is 0 Å². The molecule has 0 heterocycles. The van der Waals surface area contributed by atoms with Gasteiger partial charge in [0.2, 0.25) is 5.91 Å². The fourth-order valence-corrected chi connectivity index (χ4v) is 1.72. The molecule has 96 valence electrons. The van der Waals surface area contributed by atoms with E-state index in [2.05, 4.69) is 12.2 Å². The third kappa shape index (κ3) is 8.68. The molecular weight excluding hydrogens is 204 g/mol. The molecule has 0 saturated carbocycles. The van der Waals surface area contributed by atoms with Crippen LogP contribution >= 0.6 is 0 Å². The third-order valence-electron chi connectivity index (χ3n) is 2.68. The first-order valence-corrected chi connectivity index (χ1v) is 6.32. The predicted octanol–water partition coefficient (Wildman–Crippen LogP) is 1.03. The highest BCUT2D eigenvalue weighted by Gasteiger charge is 2.08. The van der Waals surface area contributed by atoms with Gasteiger partial charge in [0.05, 0.1) is 0 Å². The van der Waals surface area contributed by atoms with Gasteiger partial charge in [-0.3, -0.25) is 4.79 Å². The molecule has 4 nitrogen and oxygen atoms in total. The van der Waals surface area contributed by atoms with Gasteiger partial charge in [0, 0.05) is 19.6 Å². The summed E-state index contributed by atoms with van der Waals surface area (Å²) in [4.78, 5) is 11.4. The summed E-state index contributed by atoms with van der Waals surface area (Å²) in [5, 5.41) is 11.8. The Morgan fingerprint density at radius 1 is 1.38 bits per heavy atom. The van der Waals surface area contributed by atoms with Crippen molar-refractivity contribution >= 4 is 5.91 Å². The number of rotatable bonds is 10. The molecule has 0 aromatic rings. The molecule has 0 rings (SSSR count). The van der Waals surface area contributed by atoms with E-state index in [4.69, 9.17) is 10.8 Å². The number of carbonyl (C=O) groups excluding carboxylic acids is 1. The number of aliphatic hydroxyl groups is 1. The minimum absolute atomic E-state index is 0.104. The van der Waals surface area contributed by atoms with Crippen LogP contribution < -0.4 is 11.1 Å². The lowest BCUT2D eigenvalue weighted by Crippen LogP contribution is -2.29. The third-order valence-corrected chi connectivity index (χ3v) is 2.68. The van der Waals surface area contributed by atoms with Crippen LogP contribution in [0.4, 0.5) is 0 Å². The number of nitrogens with two attached hydrogens (primary N) is 1. The molecule has 1 amide bonds. The van der Waals surface area contributed by atoms with E-state index in [1.54, 1.807) is 0 Å². The number of nitrogens with one attached hydrogen (secondary N) is 1. The highest BCUT2D eigenvalue weighted by molar-refractivity contribution is 5.75. The van der Waals surface area contributed by atoms with Crippen molar-refractivity contribution in [3.63, 3.8) is 0 Å². The SMILES string of the molecule is CCCC(CCO)CNC(=O)CCCCN. The van der Waals surface area contributed by atoms with Crippen LogP contribution in [0.2, 0.25) is 0 Å². The average molecular weight is 230 g/mol. The Kier molecular flexibility index (Phi) is 10.5. The fourth-order valence-electron chi connectivity index (χ4n) is 1.72. The van der Waals surface area contributed by atoms with Gasteiger partial charge in [0.1, 0.15) is 0 Å². The molecule has 1 atom stereocenters. The average Bonchev–Trinajstić information content (AvgIpc) is 2.27. The van der Waals surface area contributed by atoms with Crippen LogP contribution in [0.15, 0.2) is 0 Å². The van der Waals surface area contributed by atoms with Crippen molar-refractivity contribution in [3.05, 3.63) is 0 Å². The van der Waals surface area contributed by atoms with E-state index < -0.39 is 0 Å². The van der Waals surface area contributed by atoms with Crippen molar-refractivity contribution in [1.82, 2.24) is 5.32 Å². The van der Waals surface area contributed by atoms with Gasteiger partial charge < -0.3 is 16.2 Å². The summed E-state index contributed by atoms with van der Waals surface area (Å²) in [5.74, 6) is 0.515. The fraction of sp³-hybridized carbons (Fsp3) is 0.917. The quantitative estimate of drug-likeness (QED) is 0.491. The summed E-state index contributed by atoms with van der Waals surface area (Å²) >= 11 is 0. The zero-order valence-corrected chi connectivity index (χ0v) is 10.4. The highest BCUT2D eigenvalue weighted by Crippen LogP contribution is 2.09. The van der Waals surface area contributed by atoms with Gasteiger partial charge in [0.15, 0.2) is 0 Å². The summed E-state index contributed by atoms with van der Waals surface area (Å²) in [6, 6.07) is 0. The van der Waals surface area contributed by atoms with Crippen molar-refractivity contribution in [1.29, 1.82) is 0 Å². The van der Waals surface area contributed by atoms with E-state index in [9.17, 15) is 4.79 Å². The van der Waals surface area contributed by atoms with E-state index >= 15 is 0 Å². The number of hydrogen-bond acceptors (Lipinski definition) is 3. The van der Waals surface area contributed by atoms with E-state index in [1.165, 1.54) is 0 Å². The van der Waals surface area contributed by atoms with Crippen LogP contribution in [0.25, 0.3) is 0 Å². The summed E-state index contributed by atoms with van der Waals surface area (Å²) in [6.45, 7) is 3.66. The number of carbonyl (C=O) groups is 1. The van der Waals surface area contributed by atoms with E-state index in [-0.39, 0.29) is 12.5 Å². The first-order chi connectivity index (χ1) is 7.74. The molecule has 0 spiro atoms. The minimum Gasteiger partial charge on any atom is -0.396 e. The molecule has 4 N–H and O–H groups in total. The standard InChI is InChI=1S/C12H26N2O2/c1-2-5-11(7-9-15)10-14-12(16)6-3-4-8-13/h11,15H,2-10,13H2,1H3,(H,14,16). The molecule has 0 aliphatic heterocycles. The Morgan fingerprint density at radius 3 is 2.69 bits per heavy atom. The number of hydrogen-bond donors (Lipinski definition) is 3. The summed E-state index contributed by atoms with van der Waals surface area (Å²) in [6.07, 6.45) is 5.26. The van der Waals surface area contributed by atoms with Crippen LogP contribution in [-0.2, 0) is 4.79 Å². The maximum absolute atomic E-state index is 11.4. The Balaban J connectivity index is 3.60. The molecule has 0 aliphatic rings. The molecule has 0 aromatic carbocycles. The van der Waals surface area contributed by atoms with Crippen LogP contribution in [-0.4, -0.2) is 30.7 Å². The lowest BCUT2D eigenvalue weighted by Gasteiger charge is -2.15. The van der Waals surface area contributed by atoms with Crippen LogP contribution in [0.5, 0.6) is 0 Å². The smallest absolute Gasteiger partial charge is 0.220 e. The number of amides is 1. The van der Waals surface area contributed by atoms with Crippen molar-refractivity contribution in [2.75, 3.05) is 19.7 Å². The second-order valence-electron chi connectivity index (χ2n) is 4.22. The van der Waals surface area contributed by atoms with Crippen molar-refractivity contribution in [3.8, 4) is 0 Å². The van der Waals surface area contributed by atoms with Crippen LogP contribution in [0.3, 0.4) is 0 Å². The summed E-state index contributed by atoms with van der Waals surface area (Å²) in [5.41, 5.74) is 5.36. The molecule has 1 unspecified atom stereocenters. The highest BCUT2D eigenvalue weighted by atomic mass is 16.3. The van der Waals surface area contributed by atoms with Gasteiger partial charge in [-0.25, -0.2) is 0 Å². The molecule has 0 bridgehead atoms. The number of unbranched alkanes of at least 4 members (excludes halogenated alkanes) is 1. The van der Waals surface area contributed by atoms with Crippen molar-refractivity contribution < 1.29 is 9.90 Å². The lowest BCUT2D eigenvalue weighted by molar-refractivity contribution is -0.121. The Labute approximate surface area is 98.6 Å². The molecule has 0 aliphatic carbocycles. The molecule has 0 radical (unpaired) electrons. The molecule has 0 aromatic heterocycles. The van der Waals surface area contributed by atoms with Gasteiger partial charge in [-0.15, -0.1) is 0 Å². The Bertz CT molecular complexity index is 168. The summed E-state index contributed by atoms with van der Waals surface area (Å²) < 4.78 is 0. The van der Waals surface area contributed by atoms with E-state index in [0.29, 0.717) is 25.4 Å². The predicted molar refractivity (Wildman–Crippen MR) is 66.0 cm³/mol. The number of aliphatic hydroxyl groups excluding tert-OH is 1. The lowest BCUT2D eigenvalue weighted by atomic mass is 10.0. The first kappa shape index (κ1) is 15.4.